The van der Waals surface area contributed by atoms with Gasteiger partial charge in [-0.1, -0.05) is 13.8 Å². The van der Waals surface area contributed by atoms with Crippen LogP contribution in [-0.2, 0) is 6.54 Å². The summed E-state index contributed by atoms with van der Waals surface area (Å²) in [6.45, 7) is 10.9. The van der Waals surface area contributed by atoms with Crippen LogP contribution in [0.3, 0.4) is 0 Å². The van der Waals surface area contributed by atoms with Crippen molar-refractivity contribution in [1.82, 2.24) is 15.6 Å². The summed E-state index contributed by atoms with van der Waals surface area (Å²) in [4.78, 5) is 14.7. The number of nitrogens with one attached hydrogen (secondary N) is 3. The molecule has 3 N–H and O–H groups in total. The Morgan fingerprint density at radius 3 is 2.61 bits per heavy atom. The van der Waals surface area contributed by atoms with E-state index in [1.165, 1.54) is 0 Å². The van der Waals surface area contributed by atoms with Crippen LogP contribution in [0.15, 0.2) is 17.1 Å². The first-order valence-corrected chi connectivity index (χ1v) is 6.61. The molecule has 1 aromatic heterocycles. The Kier molecular flexibility index (Phi) is 6.09. The van der Waals surface area contributed by atoms with Gasteiger partial charge >= 0.3 is 0 Å². The molecule has 0 spiro atoms. The first-order valence-electron chi connectivity index (χ1n) is 6.61. The summed E-state index contributed by atoms with van der Waals surface area (Å²) >= 11 is 0. The van der Waals surface area contributed by atoms with Gasteiger partial charge in [0, 0.05) is 42.7 Å². The minimum Gasteiger partial charge on any atom is -0.365 e. The summed E-state index contributed by atoms with van der Waals surface area (Å²) in [7, 11) is 0. The molecule has 0 saturated heterocycles. The van der Waals surface area contributed by atoms with Gasteiger partial charge in [-0.25, -0.2) is 0 Å². The van der Waals surface area contributed by atoms with Crippen LogP contribution >= 0.6 is 0 Å². The molecule has 4 nitrogen and oxygen atoms in total. The molecule has 4 heteroatoms. The third-order valence-corrected chi connectivity index (χ3v) is 2.78. The molecule has 1 rings (SSSR count). The molecule has 1 atom stereocenters. The maximum absolute atomic E-state index is 11.7. The summed E-state index contributed by atoms with van der Waals surface area (Å²) in [6, 6.07) is 1.99. The van der Waals surface area contributed by atoms with Crippen LogP contribution in [0, 0.1) is 12.8 Å². The summed E-state index contributed by atoms with van der Waals surface area (Å²) < 4.78 is 0. The molecule has 0 saturated carbocycles. The minimum atomic E-state index is 0.0982. The number of hydrogen-bond acceptors (Lipinski definition) is 3. The van der Waals surface area contributed by atoms with Crippen LogP contribution in [0.5, 0.6) is 0 Å². The van der Waals surface area contributed by atoms with Crippen molar-refractivity contribution in [1.29, 1.82) is 0 Å². The monoisotopic (exact) mass is 251 g/mol. The normalized spacial score (nSPS) is 12.9. The molecule has 102 valence electrons. The van der Waals surface area contributed by atoms with E-state index in [1.54, 1.807) is 12.3 Å². The van der Waals surface area contributed by atoms with Gasteiger partial charge in [-0.2, -0.15) is 0 Å². The Morgan fingerprint density at radius 1 is 1.28 bits per heavy atom. The summed E-state index contributed by atoms with van der Waals surface area (Å²) in [5.41, 5.74) is 1.78. The summed E-state index contributed by atoms with van der Waals surface area (Å²) in [5, 5.41) is 6.75. The van der Waals surface area contributed by atoms with Gasteiger partial charge in [-0.15, -0.1) is 0 Å². The largest absolute Gasteiger partial charge is 0.365 e. The molecule has 18 heavy (non-hydrogen) atoms. The molecular formula is C14H25N3O. The van der Waals surface area contributed by atoms with E-state index >= 15 is 0 Å². The lowest BCUT2D eigenvalue weighted by molar-refractivity contribution is 0.471. The number of rotatable bonds is 7. The van der Waals surface area contributed by atoms with Crippen molar-refractivity contribution in [3.05, 3.63) is 33.7 Å². The van der Waals surface area contributed by atoms with Gasteiger partial charge in [0.25, 0.3) is 0 Å². The fourth-order valence-corrected chi connectivity index (χ4v) is 1.69. The molecule has 0 fully saturated rings. The zero-order chi connectivity index (χ0) is 13.5. The van der Waals surface area contributed by atoms with Crippen molar-refractivity contribution in [2.24, 2.45) is 5.92 Å². The van der Waals surface area contributed by atoms with Gasteiger partial charge in [0.15, 0.2) is 5.43 Å². The Bertz CT molecular complexity index is 412. The average molecular weight is 251 g/mol. The predicted octanol–water partition coefficient (Wildman–Crippen LogP) is 1.41. The zero-order valence-electron chi connectivity index (χ0n) is 11.8. The lowest BCUT2D eigenvalue weighted by Crippen LogP contribution is -2.38. The molecule has 0 bridgehead atoms. The van der Waals surface area contributed by atoms with Gasteiger partial charge < -0.3 is 15.6 Å². The third kappa shape index (κ3) is 5.47. The van der Waals surface area contributed by atoms with Crippen LogP contribution < -0.4 is 16.1 Å². The van der Waals surface area contributed by atoms with Crippen molar-refractivity contribution in [3.63, 3.8) is 0 Å². The number of aromatic nitrogens is 1. The van der Waals surface area contributed by atoms with Crippen LogP contribution in [-0.4, -0.2) is 24.1 Å². The number of aromatic amines is 1. The minimum absolute atomic E-state index is 0.0982. The molecule has 1 aromatic rings. The van der Waals surface area contributed by atoms with Gasteiger partial charge in [0.05, 0.1) is 0 Å². The van der Waals surface area contributed by atoms with E-state index in [4.69, 9.17) is 0 Å². The van der Waals surface area contributed by atoms with Crippen LogP contribution in [0.1, 0.15) is 32.0 Å². The fraction of sp³-hybridized carbons (Fsp3) is 0.643. The molecule has 1 unspecified atom stereocenters. The van der Waals surface area contributed by atoms with E-state index < -0.39 is 0 Å². The second kappa shape index (κ2) is 7.34. The van der Waals surface area contributed by atoms with E-state index in [-0.39, 0.29) is 5.43 Å². The molecule has 0 amide bonds. The number of H-pyrrole nitrogens is 1. The molecule has 0 aromatic carbocycles. The second-order valence-electron chi connectivity index (χ2n) is 5.34. The van der Waals surface area contributed by atoms with Crippen molar-refractivity contribution < 1.29 is 0 Å². The zero-order valence-corrected chi connectivity index (χ0v) is 11.8. The first kappa shape index (κ1) is 14.9. The van der Waals surface area contributed by atoms with E-state index in [9.17, 15) is 4.79 Å². The molecule has 0 aliphatic heterocycles. The van der Waals surface area contributed by atoms with E-state index in [0.717, 1.165) is 24.3 Å². The third-order valence-electron chi connectivity index (χ3n) is 2.78. The van der Waals surface area contributed by atoms with Gasteiger partial charge in [0.1, 0.15) is 0 Å². The maximum Gasteiger partial charge on any atom is 0.186 e. The SMILES string of the molecule is Cc1cc(=O)c(CNC(C)CNCC(C)C)c[nH]1. The average Bonchev–Trinajstić information content (AvgIpc) is 2.27. The van der Waals surface area contributed by atoms with Crippen LogP contribution in [0.2, 0.25) is 0 Å². The molecule has 0 aliphatic carbocycles. The second-order valence-corrected chi connectivity index (χ2v) is 5.34. The molecule has 0 aliphatic rings. The summed E-state index contributed by atoms with van der Waals surface area (Å²) in [6.07, 6.45) is 1.79. The van der Waals surface area contributed by atoms with Crippen molar-refractivity contribution in [2.45, 2.75) is 40.3 Å². The maximum atomic E-state index is 11.7. The fourth-order valence-electron chi connectivity index (χ4n) is 1.69. The van der Waals surface area contributed by atoms with Crippen LogP contribution in [0.25, 0.3) is 0 Å². The Balaban J connectivity index is 2.33. The lowest BCUT2D eigenvalue weighted by Gasteiger charge is -2.15. The smallest absolute Gasteiger partial charge is 0.186 e. The quantitative estimate of drug-likeness (QED) is 0.687. The lowest BCUT2D eigenvalue weighted by atomic mass is 10.2. The Hall–Kier alpha value is -1.13. The Labute approximate surface area is 109 Å². The van der Waals surface area contributed by atoms with Gasteiger partial charge in [-0.05, 0) is 26.3 Å². The standard InChI is InChI=1S/C14H25N3O/c1-10(2)6-15-7-12(4)17-9-13-8-16-11(3)5-14(13)18/h5,8,10,12,15,17H,6-7,9H2,1-4H3,(H,16,18). The summed E-state index contributed by atoms with van der Waals surface area (Å²) in [5.74, 6) is 0.664. The predicted molar refractivity (Wildman–Crippen MR) is 75.8 cm³/mol. The highest BCUT2D eigenvalue weighted by atomic mass is 16.1. The van der Waals surface area contributed by atoms with Gasteiger partial charge in [0.2, 0.25) is 0 Å². The highest BCUT2D eigenvalue weighted by Gasteiger charge is 2.04. The molecule has 1 heterocycles. The van der Waals surface area contributed by atoms with Crippen molar-refractivity contribution in [2.75, 3.05) is 13.1 Å². The number of pyridine rings is 1. The van der Waals surface area contributed by atoms with Gasteiger partial charge in [-0.3, -0.25) is 4.79 Å². The van der Waals surface area contributed by atoms with E-state index in [2.05, 4.69) is 36.4 Å². The first-order chi connectivity index (χ1) is 8.49. The topological polar surface area (TPSA) is 56.9 Å². The highest BCUT2D eigenvalue weighted by Crippen LogP contribution is 1.93. The van der Waals surface area contributed by atoms with E-state index in [0.29, 0.717) is 18.5 Å². The van der Waals surface area contributed by atoms with Crippen molar-refractivity contribution in [3.8, 4) is 0 Å². The highest BCUT2D eigenvalue weighted by molar-refractivity contribution is 5.13. The van der Waals surface area contributed by atoms with Crippen LogP contribution in [0.4, 0.5) is 0 Å². The van der Waals surface area contributed by atoms with E-state index in [1.807, 2.05) is 6.92 Å². The molecule has 0 radical (unpaired) electrons. The van der Waals surface area contributed by atoms with Crippen molar-refractivity contribution >= 4 is 0 Å². The number of hydrogen-bond donors (Lipinski definition) is 3. The number of aryl methyl sites for hydroxylation is 1. The molecular weight excluding hydrogens is 226 g/mol. The Morgan fingerprint density at radius 2 is 2.00 bits per heavy atom.